The molecule has 0 saturated heterocycles. The summed E-state index contributed by atoms with van der Waals surface area (Å²) in [5, 5.41) is 9.00. The van der Waals surface area contributed by atoms with Gasteiger partial charge in [0.25, 0.3) is 0 Å². The third kappa shape index (κ3) is 3.23. The minimum atomic E-state index is 0.322. The van der Waals surface area contributed by atoms with Gasteiger partial charge in [-0.15, -0.1) is 0 Å². The molecule has 0 N–H and O–H groups in total. The molecule has 0 fully saturated rings. The van der Waals surface area contributed by atoms with Gasteiger partial charge in [-0.3, -0.25) is 4.98 Å². The van der Waals surface area contributed by atoms with Crippen molar-refractivity contribution in [3.8, 4) is 17.6 Å². The number of hydrogen-bond acceptors (Lipinski definition) is 4. The van der Waals surface area contributed by atoms with E-state index in [1.54, 1.807) is 6.07 Å². The minimum Gasteiger partial charge on any atom is -0.494 e. The van der Waals surface area contributed by atoms with E-state index in [0.717, 1.165) is 11.3 Å². The zero-order valence-electron chi connectivity index (χ0n) is 10.9. The Bertz CT molecular complexity index is 618. The van der Waals surface area contributed by atoms with Crippen LogP contribution in [0.3, 0.4) is 0 Å². The molecule has 1 aromatic carbocycles. The number of nitriles is 1. The van der Waals surface area contributed by atoms with Crippen molar-refractivity contribution in [1.29, 1.82) is 5.26 Å². The quantitative estimate of drug-likeness (QED) is 0.841. The molecule has 0 amide bonds. The maximum Gasteiger partial charge on any atom is 0.154 e. The van der Waals surface area contributed by atoms with Gasteiger partial charge in [0.15, 0.2) is 5.75 Å². The lowest BCUT2D eigenvalue weighted by Gasteiger charge is -2.08. The zero-order valence-corrected chi connectivity index (χ0v) is 10.9. The highest BCUT2D eigenvalue weighted by molar-refractivity contribution is 5.42. The van der Waals surface area contributed by atoms with Gasteiger partial charge in [0.1, 0.15) is 18.4 Å². The van der Waals surface area contributed by atoms with Gasteiger partial charge in [0.2, 0.25) is 0 Å². The molecule has 0 atom stereocenters. The van der Waals surface area contributed by atoms with Gasteiger partial charge in [0, 0.05) is 0 Å². The largest absolute Gasteiger partial charge is 0.494 e. The summed E-state index contributed by atoms with van der Waals surface area (Å²) in [6, 6.07) is 11.5. The van der Waals surface area contributed by atoms with Crippen molar-refractivity contribution in [1.82, 2.24) is 4.98 Å². The predicted molar refractivity (Wildman–Crippen MR) is 71.0 cm³/mol. The summed E-state index contributed by atoms with van der Waals surface area (Å²) in [5.41, 5.74) is 2.29. The van der Waals surface area contributed by atoms with Crippen LogP contribution in [-0.2, 0) is 6.61 Å². The highest BCUT2D eigenvalue weighted by Crippen LogP contribution is 2.18. The Kier molecular flexibility index (Phi) is 3.99. The Hall–Kier alpha value is -2.54. The third-order valence-corrected chi connectivity index (χ3v) is 2.64. The first-order valence-corrected chi connectivity index (χ1v) is 5.85. The molecule has 19 heavy (non-hydrogen) atoms. The number of ether oxygens (including phenoxy) is 2. The maximum absolute atomic E-state index is 9.00. The van der Waals surface area contributed by atoms with Gasteiger partial charge in [-0.1, -0.05) is 12.1 Å². The van der Waals surface area contributed by atoms with Crippen LogP contribution in [0.15, 0.2) is 36.5 Å². The van der Waals surface area contributed by atoms with E-state index in [0.29, 0.717) is 23.6 Å². The highest BCUT2D eigenvalue weighted by Gasteiger charge is 2.05. The number of pyridine rings is 1. The van der Waals surface area contributed by atoms with Gasteiger partial charge in [-0.25, -0.2) is 0 Å². The van der Waals surface area contributed by atoms with Crippen molar-refractivity contribution in [3.63, 3.8) is 0 Å². The van der Waals surface area contributed by atoms with Crippen molar-refractivity contribution in [3.05, 3.63) is 53.3 Å². The molecule has 0 bridgehead atoms. The van der Waals surface area contributed by atoms with Gasteiger partial charge < -0.3 is 9.47 Å². The smallest absolute Gasteiger partial charge is 0.154 e. The lowest BCUT2D eigenvalue weighted by molar-refractivity contribution is 0.300. The van der Waals surface area contributed by atoms with E-state index in [-0.39, 0.29) is 0 Å². The summed E-state index contributed by atoms with van der Waals surface area (Å²) in [5.74, 6) is 1.26. The van der Waals surface area contributed by atoms with Crippen molar-refractivity contribution < 1.29 is 9.47 Å². The second-order valence-corrected chi connectivity index (χ2v) is 4.09. The number of aryl methyl sites for hydroxylation is 1. The van der Waals surface area contributed by atoms with E-state index in [4.69, 9.17) is 14.7 Å². The Morgan fingerprint density at radius 2 is 2.16 bits per heavy atom. The number of aromatic nitrogens is 1. The first-order valence-electron chi connectivity index (χ1n) is 5.85. The van der Waals surface area contributed by atoms with Crippen molar-refractivity contribution in [2.75, 3.05) is 7.11 Å². The molecule has 1 aromatic heterocycles. The number of nitrogens with zero attached hydrogens (tertiary/aromatic N) is 2. The fraction of sp³-hybridized carbons (Fsp3) is 0.200. The molecule has 0 spiro atoms. The van der Waals surface area contributed by atoms with E-state index in [1.165, 1.54) is 13.3 Å². The SMILES string of the molecule is COc1cnc(COc2cccc(C)c2)cc1C#N. The van der Waals surface area contributed by atoms with E-state index < -0.39 is 0 Å². The Morgan fingerprint density at radius 3 is 2.84 bits per heavy atom. The van der Waals surface area contributed by atoms with Crippen LogP contribution in [0.2, 0.25) is 0 Å². The monoisotopic (exact) mass is 254 g/mol. The normalized spacial score (nSPS) is 9.74. The van der Waals surface area contributed by atoms with Gasteiger partial charge >= 0.3 is 0 Å². The van der Waals surface area contributed by atoms with Crippen LogP contribution < -0.4 is 9.47 Å². The first-order chi connectivity index (χ1) is 9.22. The van der Waals surface area contributed by atoms with Crippen LogP contribution >= 0.6 is 0 Å². The van der Waals surface area contributed by atoms with Crippen molar-refractivity contribution in [2.45, 2.75) is 13.5 Å². The first kappa shape index (κ1) is 12.9. The number of hydrogen-bond donors (Lipinski definition) is 0. The molecule has 0 aliphatic carbocycles. The van der Waals surface area contributed by atoms with Gasteiger partial charge in [-0.05, 0) is 30.7 Å². The second-order valence-electron chi connectivity index (χ2n) is 4.09. The summed E-state index contributed by atoms with van der Waals surface area (Å²) in [6.07, 6.45) is 1.54. The molecular formula is C15H14N2O2. The van der Waals surface area contributed by atoms with Gasteiger partial charge in [-0.2, -0.15) is 5.26 Å². The van der Waals surface area contributed by atoms with Crippen LogP contribution in [0.5, 0.6) is 11.5 Å². The summed E-state index contributed by atoms with van der Waals surface area (Å²) in [4.78, 5) is 4.19. The second kappa shape index (κ2) is 5.87. The fourth-order valence-electron chi connectivity index (χ4n) is 1.68. The van der Waals surface area contributed by atoms with Crippen LogP contribution in [0.25, 0.3) is 0 Å². The van der Waals surface area contributed by atoms with Crippen LogP contribution in [-0.4, -0.2) is 12.1 Å². The molecule has 0 unspecified atom stereocenters. The fourth-order valence-corrected chi connectivity index (χ4v) is 1.68. The van der Waals surface area contributed by atoms with E-state index in [1.807, 2.05) is 31.2 Å². The lowest BCUT2D eigenvalue weighted by atomic mass is 10.2. The average Bonchev–Trinajstić information content (AvgIpc) is 2.45. The summed E-state index contributed by atoms with van der Waals surface area (Å²) in [7, 11) is 1.51. The Morgan fingerprint density at radius 1 is 1.32 bits per heavy atom. The van der Waals surface area contributed by atoms with Crippen LogP contribution in [0.4, 0.5) is 0 Å². The number of methoxy groups -OCH3 is 1. The molecule has 4 heteroatoms. The molecule has 0 aliphatic heterocycles. The molecular weight excluding hydrogens is 240 g/mol. The average molecular weight is 254 g/mol. The molecule has 2 aromatic rings. The molecule has 0 saturated carbocycles. The molecule has 1 heterocycles. The number of benzene rings is 1. The van der Waals surface area contributed by atoms with Gasteiger partial charge in [0.05, 0.1) is 24.6 Å². The molecule has 2 rings (SSSR count). The van der Waals surface area contributed by atoms with E-state index in [9.17, 15) is 0 Å². The van der Waals surface area contributed by atoms with E-state index >= 15 is 0 Å². The van der Waals surface area contributed by atoms with Crippen LogP contribution in [0, 0.1) is 18.3 Å². The molecule has 4 nitrogen and oxygen atoms in total. The zero-order chi connectivity index (χ0) is 13.7. The molecule has 0 aliphatic rings. The number of rotatable bonds is 4. The molecule has 96 valence electrons. The predicted octanol–water partition coefficient (Wildman–Crippen LogP) is 2.85. The van der Waals surface area contributed by atoms with Crippen molar-refractivity contribution in [2.24, 2.45) is 0 Å². The highest BCUT2D eigenvalue weighted by atomic mass is 16.5. The minimum absolute atomic E-state index is 0.322. The van der Waals surface area contributed by atoms with Crippen LogP contribution in [0.1, 0.15) is 16.8 Å². The third-order valence-electron chi connectivity index (χ3n) is 2.64. The maximum atomic E-state index is 9.00. The van der Waals surface area contributed by atoms with Crippen molar-refractivity contribution >= 4 is 0 Å². The topological polar surface area (TPSA) is 55.1 Å². The Labute approximate surface area is 112 Å². The Balaban J connectivity index is 2.10. The standard InChI is InChI=1S/C15H14N2O2/c1-11-4-3-5-14(6-11)19-10-13-7-12(8-16)15(18-2)9-17-13/h3-7,9H,10H2,1-2H3. The lowest BCUT2D eigenvalue weighted by Crippen LogP contribution is -2.00. The summed E-state index contributed by atoms with van der Waals surface area (Å²) in [6.45, 7) is 2.33. The summed E-state index contributed by atoms with van der Waals surface area (Å²) >= 11 is 0. The van der Waals surface area contributed by atoms with E-state index in [2.05, 4.69) is 11.1 Å². The summed E-state index contributed by atoms with van der Waals surface area (Å²) < 4.78 is 10.7. The molecule has 0 radical (unpaired) electrons.